The van der Waals surface area contributed by atoms with E-state index in [1.165, 1.54) is 37.7 Å². The van der Waals surface area contributed by atoms with Crippen LogP contribution in [0.25, 0.3) is 0 Å². The molecule has 25 heavy (non-hydrogen) atoms. The van der Waals surface area contributed by atoms with Gasteiger partial charge in [0.1, 0.15) is 5.78 Å². The van der Waals surface area contributed by atoms with E-state index in [2.05, 4.69) is 32.6 Å². The Balaban J connectivity index is 1.65. The Labute approximate surface area is 153 Å². The van der Waals surface area contributed by atoms with Crippen molar-refractivity contribution in [1.82, 2.24) is 0 Å². The molecule has 3 saturated carbocycles. The summed E-state index contributed by atoms with van der Waals surface area (Å²) in [7, 11) is 0. The van der Waals surface area contributed by atoms with E-state index in [-0.39, 0.29) is 5.41 Å². The highest BCUT2D eigenvalue weighted by Gasteiger charge is 2.58. The van der Waals surface area contributed by atoms with Crippen LogP contribution >= 0.6 is 0 Å². The molecular weight excluding hydrogens is 308 g/mol. The molecule has 0 bridgehead atoms. The first-order chi connectivity index (χ1) is 11.9. The van der Waals surface area contributed by atoms with Gasteiger partial charge in [0.15, 0.2) is 0 Å². The van der Waals surface area contributed by atoms with Crippen LogP contribution in [0.2, 0.25) is 0 Å². The minimum Gasteiger partial charge on any atom is -0.378 e. The van der Waals surface area contributed by atoms with Crippen molar-refractivity contribution in [1.29, 1.82) is 0 Å². The maximum Gasteiger partial charge on any atom is 0.133 e. The fourth-order valence-corrected chi connectivity index (χ4v) is 7.22. The lowest BCUT2D eigenvalue weighted by Gasteiger charge is -2.56. The van der Waals surface area contributed by atoms with Crippen LogP contribution in [-0.2, 0) is 9.53 Å². The van der Waals surface area contributed by atoms with Crippen LogP contribution in [-0.4, -0.2) is 18.5 Å². The van der Waals surface area contributed by atoms with Gasteiger partial charge in [-0.15, -0.1) is 5.73 Å². The number of hydrogen-bond acceptors (Lipinski definition) is 2. The number of rotatable bonds is 3. The predicted octanol–water partition coefficient (Wildman–Crippen LogP) is 5.32. The lowest BCUT2D eigenvalue weighted by molar-refractivity contribution is -0.126. The summed E-state index contributed by atoms with van der Waals surface area (Å²) in [6.07, 6.45) is 11.2. The van der Waals surface area contributed by atoms with Gasteiger partial charge in [0, 0.05) is 18.9 Å². The summed E-state index contributed by atoms with van der Waals surface area (Å²) in [6, 6.07) is 0. The Hall–Kier alpha value is -0.850. The van der Waals surface area contributed by atoms with Crippen molar-refractivity contribution in [3.63, 3.8) is 0 Å². The molecule has 0 N–H and O–H groups in total. The van der Waals surface area contributed by atoms with Gasteiger partial charge >= 0.3 is 0 Å². The van der Waals surface area contributed by atoms with Crippen LogP contribution in [0, 0.1) is 34.5 Å². The van der Waals surface area contributed by atoms with E-state index in [1.807, 2.05) is 6.92 Å². The van der Waals surface area contributed by atoms with E-state index < -0.39 is 0 Å². The lowest BCUT2D eigenvalue weighted by atomic mass is 9.48. The van der Waals surface area contributed by atoms with Crippen molar-refractivity contribution in [2.45, 2.75) is 78.7 Å². The van der Waals surface area contributed by atoms with Gasteiger partial charge in [0.05, 0.1) is 6.10 Å². The number of fused-ring (bicyclic) bond motifs is 5. The Morgan fingerprint density at radius 2 is 2.00 bits per heavy atom. The van der Waals surface area contributed by atoms with Crippen molar-refractivity contribution < 1.29 is 9.53 Å². The molecule has 4 aliphatic rings. The molecule has 0 radical (unpaired) electrons. The van der Waals surface area contributed by atoms with Crippen LogP contribution in [0.1, 0.15) is 72.6 Å². The molecule has 2 heteroatoms. The van der Waals surface area contributed by atoms with Gasteiger partial charge in [-0.2, -0.15) is 0 Å². The largest absolute Gasteiger partial charge is 0.378 e. The van der Waals surface area contributed by atoms with Gasteiger partial charge in [-0.25, -0.2) is 0 Å². The Morgan fingerprint density at radius 1 is 1.20 bits per heavy atom. The second-order valence-electron chi connectivity index (χ2n) is 9.60. The maximum absolute atomic E-state index is 12.2. The van der Waals surface area contributed by atoms with Crippen LogP contribution in [0.5, 0.6) is 0 Å². The molecule has 138 valence electrons. The summed E-state index contributed by atoms with van der Waals surface area (Å²) in [5, 5.41) is 0. The number of Topliss-reactive ketones (excluding diaryl/α,β-unsaturated/α-hetero) is 1. The minimum absolute atomic E-state index is 0.224. The highest BCUT2D eigenvalue weighted by molar-refractivity contribution is 5.79. The predicted molar refractivity (Wildman–Crippen MR) is 100 cm³/mol. The van der Waals surface area contributed by atoms with E-state index >= 15 is 0 Å². The van der Waals surface area contributed by atoms with Crippen LogP contribution < -0.4 is 0 Å². The molecule has 0 spiro atoms. The zero-order valence-corrected chi connectivity index (χ0v) is 16.4. The zero-order chi connectivity index (χ0) is 17.8. The monoisotopic (exact) mass is 342 g/mol. The van der Waals surface area contributed by atoms with Crippen molar-refractivity contribution in [3.8, 4) is 0 Å². The summed E-state index contributed by atoms with van der Waals surface area (Å²) in [5.74, 6) is 2.76. The number of carbonyl (C=O) groups excluding carboxylic acids is 1. The van der Waals surface area contributed by atoms with Gasteiger partial charge in [0.25, 0.3) is 0 Å². The van der Waals surface area contributed by atoms with Crippen LogP contribution in [0.4, 0.5) is 0 Å². The van der Waals surface area contributed by atoms with Crippen molar-refractivity contribution in [2.75, 3.05) is 6.61 Å². The summed E-state index contributed by atoms with van der Waals surface area (Å²) in [6.45, 7) is 9.64. The van der Waals surface area contributed by atoms with E-state index in [0.717, 1.165) is 25.4 Å². The normalized spacial score (nSPS) is 48.3. The molecule has 4 rings (SSSR count). The zero-order valence-electron chi connectivity index (χ0n) is 16.4. The second-order valence-corrected chi connectivity index (χ2v) is 9.60. The van der Waals surface area contributed by atoms with Crippen molar-refractivity contribution in [2.24, 2.45) is 34.5 Å². The molecule has 0 saturated heterocycles. The third-order valence-corrected chi connectivity index (χ3v) is 8.60. The van der Waals surface area contributed by atoms with Crippen molar-refractivity contribution in [3.05, 3.63) is 17.4 Å². The molecule has 7 atom stereocenters. The summed E-state index contributed by atoms with van der Waals surface area (Å²) in [5.41, 5.74) is 5.80. The summed E-state index contributed by atoms with van der Waals surface area (Å²) < 4.78 is 5.93. The Kier molecular flexibility index (Phi) is 4.28. The quantitative estimate of drug-likeness (QED) is 0.648. The van der Waals surface area contributed by atoms with Gasteiger partial charge in [0.2, 0.25) is 0 Å². The molecule has 0 aliphatic heterocycles. The highest BCUT2D eigenvalue weighted by Crippen LogP contribution is 2.65. The summed E-state index contributed by atoms with van der Waals surface area (Å²) in [4.78, 5) is 12.2. The number of hydrogen-bond donors (Lipinski definition) is 0. The van der Waals surface area contributed by atoms with E-state index in [0.29, 0.717) is 35.1 Å². The van der Waals surface area contributed by atoms with Crippen LogP contribution in [0.3, 0.4) is 0 Å². The number of ketones is 1. The number of ether oxygens (including phenoxy) is 1. The van der Waals surface area contributed by atoms with E-state index in [1.54, 1.807) is 0 Å². The first-order valence-electron chi connectivity index (χ1n) is 10.5. The summed E-state index contributed by atoms with van der Waals surface area (Å²) >= 11 is 0. The maximum atomic E-state index is 12.2. The number of carbonyl (C=O) groups is 1. The standard InChI is InChI=1S/C23H34O2/c1-5-25-17-10-12-22(3)16(14-17)6-7-18-20-9-8-19(15(2)24)23(20,4)13-11-21(18)22/h7,17-21H,5,8-14H2,1-4H3/t17?,18-,19+,20-,21-,22-,23+/m0/s1. The average Bonchev–Trinajstić information content (AvgIpc) is 2.93. The minimum atomic E-state index is 0.224. The molecule has 0 aromatic heterocycles. The topological polar surface area (TPSA) is 26.3 Å². The Bertz CT molecular complexity index is 628. The van der Waals surface area contributed by atoms with Gasteiger partial charge in [-0.05, 0) is 92.6 Å². The van der Waals surface area contributed by atoms with Gasteiger partial charge in [-0.3, -0.25) is 4.79 Å². The molecular formula is C23H34O2. The molecule has 0 amide bonds. The average molecular weight is 343 g/mol. The Morgan fingerprint density at radius 3 is 2.72 bits per heavy atom. The molecule has 2 nitrogen and oxygen atoms in total. The fraction of sp³-hybridized carbons (Fsp3) is 0.826. The lowest BCUT2D eigenvalue weighted by Crippen LogP contribution is -2.49. The second kappa shape index (κ2) is 6.10. The van der Waals surface area contributed by atoms with E-state index in [4.69, 9.17) is 4.74 Å². The first-order valence-corrected chi connectivity index (χ1v) is 10.5. The first kappa shape index (κ1) is 17.6. The third-order valence-electron chi connectivity index (χ3n) is 8.60. The smallest absolute Gasteiger partial charge is 0.133 e. The van der Waals surface area contributed by atoms with Gasteiger partial charge < -0.3 is 4.74 Å². The SMILES string of the molecule is CCOC1CC[C@@]2(C)C(=C=C[C@H]3[C@@H]4CC[C@H](C(C)=O)[C@@]4(C)CC[C@@H]32)C1. The van der Waals surface area contributed by atoms with E-state index in [9.17, 15) is 4.79 Å². The molecule has 1 unspecified atom stereocenters. The molecule has 0 aromatic rings. The third kappa shape index (κ3) is 2.52. The highest BCUT2D eigenvalue weighted by atomic mass is 16.5. The molecule has 4 aliphatic carbocycles. The fourth-order valence-electron chi connectivity index (χ4n) is 7.22. The van der Waals surface area contributed by atoms with Gasteiger partial charge in [-0.1, -0.05) is 13.8 Å². The van der Waals surface area contributed by atoms with Crippen LogP contribution in [0.15, 0.2) is 17.4 Å². The van der Waals surface area contributed by atoms with Crippen molar-refractivity contribution >= 4 is 5.78 Å². The molecule has 3 fully saturated rings. The molecule has 0 heterocycles. The molecule has 0 aromatic carbocycles.